The van der Waals surface area contributed by atoms with Crippen molar-refractivity contribution in [2.24, 2.45) is 0 Å². The number of hydrogen-bond donors (Lipinski definition) is 2. The molecule has 2 N–H and O–H groups in total. The molecule has 2 atom stereocenters. The molecule has 0 radical (unpaired) electrons. The van der Waals surface area contributed by atoms with Crippen LogP contribution in [0.5, 0.6) is 0 Å². The Morgan fingerprint density at radius 3 is 2.48 bits per heavy atom. The highest BCUT2D eigenvalue weighted by Gasteiger charge is 2.31. The van der Waals surface area contributed by atoms with Crippen molar-refractivity contribution in [3.8, 4) is 0 Å². The summed E-state index contributed by atoms with van der Waals surface area (Å²) in [6.45, 7) is 0.522. The molecule has 0 spiro atoms. The predicted octanol–water partition coefficient (Wildman–Crippen LogP) is 3.27. The standard InChI is InChI=1S/C16H19Cl2NO4/c17-11-7-10(8-12(18)9-11)15(22)16(23)19-6-2-1-3-13(19)4-5-14(20)21/h7-9,13,15,22H,1-6H2,(H,20,21). The highest BCUT2D eigenvalue weighted by molar-refractivity contribution is 6.34. The minimum atomic E-state index is -1.35. The van der Waals surface area contributed by atoms with E-state index in [1.807, 2.05) is 0 Å². The first-order valence-corrected chi connectivity index (χ1v) is 8.30. The van der Waals surface area contributed by atoms with Crippen LogP contribution < -0.4 is 0 Å². The highest BCUT2D eigenvalue weighted by Crippen LogP contribution is 2.28. The molecule has 1 aromatic rings. The normalized spacial score (nSPS) is 19.4. The van der Waals surface area contributed by atoms with E-state index >= 15 is 0 Å². The smallest absolute Gasteiger partial charge is 0.303 e. The maximum absolute atomic E-state index is 12.6. The van der Waals surface area contributed by atoms with Crippen LogP contribution in [0.4, 0.5) is 0 Å². The number of aliphatic carboxylic acids is 1. The summed E-state index contributed by atoms with van der Waals surface area (Å²) in [5, 5.41) is 19.9. The van der Waals surface area contributed by atoms with Gasteiger partial charge in [-0.1, -0.05) is 23.2 Å². The molecular formula is C16H19Cl2NO4. The van der Waals surface area contributed by atoms with Crippen LogP contribution in [0.15, 0.2) is 18.2 Å². The molecule has 5 nitrogen and oxygen atoms in total. The van der Waals surface area contributed by atoms with Gasteiger partial charge in [0.15, 0.2) is 6.10 Å². The molecule has 2 unspecified atom stereocenters. The third-order valence-electron chi connectivity index (χ3n) is 4.04. The lowest BCUT2D eigenvalue weighted by atomic mass is 9.96. The number of carboxylic acids is 1. The highest BCUT2D eigenvalue weighted by atomic mass is 35.5. The first-order valence-electron chi connectivity index (χ1n) is 7.55. The fourth-order valence-electron chi connectivity index (χ4n) is 2.91. The zero-order valence-corrected chi connectivity index (χ0v) is 14.1. The maximum Gasteiger partial charge on any atom is 0.303 e. The zero-order valence-electron chi connectivity index (χ0n) is 12.5. The van der Waals surface area contributed by atoms with Gasteiger partial charge < -0.3 is 15.1 Å². The van der Waals surface area contributed by atoms with Gasteiger partial charge in [-0.25, -0.2) is 0 Å². The molecule has 1 aliphatic rings. The van der Waals surface area contributed by atoms with Crippen LogP contribution in [0.3, 0.4) is 0 Å². The monoisotopic (exact) mass is 359 g/mol. The Bertz CT molecular complexity index is 573. The van der Waals surface area contributed by atoms with Gasteiger partial charge in [0.05, 0.1) is 0 Å². The molecule has 126 valence electrons. The molecule has 1 saturated heterocycles. The van der Waals surface area contributed by atoms with Gasteiger partial charge in [0.2, 0.25) is 0 Å². The molecular weight excluding hydrogens is 341 g/mol. The number of carbonyl (C=O) groups excluding carboxylic acids is 1. The number of nitrogens with zero attached hydrogens (tertiary/aromatic N) is 1. The number of aliphatic hydroxyl groups is 1. The third-order valence-corrected chi connectivity index (χ3v) is 4.47. The minimum Gasteiger partial charge on any atom is -0.481 e. The van der Waals surface area contributed by atoms with E-state index in [-0.39, 0.29) is 12.5 Å². The fraction of sp³-hybridized carbons (Fsp3) is 0.500. The Balaban J connectivity index is 2.13. The largest absolute Gasteiger partial charge is 0.481 e. The average Bonchev–Trinajstić information content (AvgIpc) is 2.50. The van der Waals surface area contributed by atoms with Crippen LogP contribution in [0.2, 0.25) is 10.0 Å². The van der Waals surface area contributed by atoms with E-state index in [0.29, 0.717) is 28.6 Å². The summed E-state index contributed by atoms with van der Waals surface area (Å²) in [4.78, 5) is 25.0. The Morgan fingerprint density at radius 1 is 1.22 bits per heavy atom. The van der Waals surface area contributed by atoms with Crippen molar-refractivity contribution in [1.82, 2.24) is 4.90 Å². The lowest BCUT2D eigenvalue weighted by Crippen LogP contribution is -2.46. The topological polar surface area (TPSA) is 77.8 Å². The lowest BCUT2D eigenvalue weighted by Gasteiger charge is -2.37. The van der Waals surface area contributed by atoms with Gasteiger partial charge in [-0.2, -0.15) is 0 Å². The number of likely N-dealkylation sites (tertiary alicyclic amines) is 1. The van der Waals surface area contributed by atoms with E-state index in [0.717, 1.165) is 19.3 Å². The number of hydrogen-bond acceptors (Lipinski definition) is 3. The van der Waals surface area contributed by atoms with Gasteiger partial charge in [0, 0.05) is 29.1 Å². The van der Waals surface area contributed by atoms with Crippen molar-refractivity contribution in [1.29, 1.82) is 0 Å². The number of rotatable bonds is 5. The first kappa shape index (κ1) is 18.0. The van der Waals surface area contributed by atoms with E-state index in [9.17, 15) is 14.7 Å². The van der Waals surface area contributed by atoms with Gasteiger partial charge in [0.25, 0.3) is 5.91 Å². The summed E-state index contributed by atoms with van der Waals surface area (Å²) in [6, 6.07) is 4.38. The molecule has 23 heavy (non-hydrogen) atoms. The van der Waals surface area contributed by atoms with Crippen molar-refractivity contribution in [3.63, 3.8) is 0 Å². The molecule has 1 aromatic carbocycles. The Labute approximate surface area is 144 Å². The number of amides is 1. The molecule has 1 heterocycles. The first-order chi connectivity index (χ1) is 10.9. The Morgan fingerprint density at radius 2 is 1.87 bits per heavy atom. The van der Waals surface area contributed by atoms with Gasteiger partial charge in [-0.15, -0.1) is 0 Å². The van der Waals surface area contributed by atoms with E-state index in [2.05, 4.69) is 0 Å². The van der Waals surface area contributed by atoms with Crippen molar-refractivity contribution in [3.05, 3.63) is 33.8 Å². The molecule has 0 aromatic heterocycles. The van der Waals surface area contributed by atoms with E-state index in [1.54, 1.807) is 4.90 Å². The summed E-state index contributed by atoms with van der Waals surface area (Å²) in [5.41, 5.74) is 0.343. The number of aliphatic hydroxyl groups excluding tert-OH is 1. The number of halogens is 2. The Hall–Kier alpha value is -1.30. The van der Waals surface area contributed by atoms with Crippen LogP contribution in [0.1, 0.15) is 43.8 Å². The number of carboxylic acid groups (broad SMARTS) is 1. The maximum atomic E-state index is 12.6. The summed E-state index contributed by atoms with van der Waals surface area (Å²) < 4.78 is 0. The molecule has 2 rings (SSSR count). The van der Waals surface area contributed by atoms with Crippen LogP contribution in [0.25, 0.3) is 0 Å². The SMILES string of the molecule is O=C(O)CCC1CCCCN1C(=O)C(O)c1cc(Cl)cc(Cl)c1. The molecule has 0 aliphatic carbocycles. The second-order valence-corrected chi connectivity index (χ2v) is 6.59. The zero-order chi connectivity index (χ0) is 17.0. The van der Waals surface area contributed by atoms with Crippen LogP contribution in [-0.4, -0.2) is 39.6 Å². The molecule has 7 heteroatoms. The van der Waals surface area contributed by atoms with Crippen molar-refractivity contribution in [2.45, 2.75) is 44.2 Å². The van der Waals surface area contributed by atoms with E-state index in [4.69, 9.17) is 28.3 Å². The molecule has 0 bridgehead atoms. The second-order valence-electron chi connectivity index (χ2n) is 5.72. The van der Waals surface area contributed by atoms with Crippen LogP contribution >= 0.6 is 23.2 Å². The third kappa shape index (κ3) is 4.83. The van der Waals surface area contributed by atoms with Gasteiger partial charge in [0.1, 0.15) is 0 Å². The number of benzene rings is 1. The van der Waals surface area contributed by atoms with Gasteiger partial charge >= 0.3 is 5.97 Å². The van der Waals surface area contributed by atoms with Crippen LogP contribution in [0, 0.1) is 0 Å². The van der Waals surface area contributed by atoms with E-state index < -0.39 is 18.0 Å². The lowest BCUT2D eigenvalue weighted by molar-refractivity contribution is -0.146. The van der Waals surface area contributed by atoms with Gasteiger partial charge in [-0.3, -0.25) is 9.59 Å². The summed E-state index contributed by atoms with van der Waals surface area (Å²) in [6.07, 6.45) is 1.60. The summed E-state index contributed by atoms with van der Waals surface area (Å²) >= 11 is 11.8. The number of piperidine rings is 1. The average molecular weight is 360 g/mol. The molecule has 0 saturated carbocycles. The second kappa shape index (κ2) is 7.99. The van der Waals surface area contributed by atoms with Gasteiger partial charge in [-0.05, 0) is 49.4 Å². The Kier molecular flexibility index (Phi) is 6.27. The molecule has 1 amide bonds. The molecule has 1 aliphatic heterocycles. The molecule has 1 fully saturated rings. The number of carbonyl (C=O) groups is 2. The van der Waals surface area contributed by atoms with Crippen molar-refractivity contribution in [2.75, 3.05) is 6.54 Å². The minimum absolute atomic E-state index is 0.00748. The quantitative estimate of drug-likeness (QED) is 0.845. The summed E-state index contributed by atoms with van der Waals surface area (Å²) in [7, 11) is 0. The predicted molar refractivity (Wildman–Crippen MR) is 87.6 cm³/mol. The summed E-state index contributed by atoms with van der Waals surface area (Å²) in [5.74, 6) is -1.32. The van der Waals surface area contributed by atoms with Crippen LogP contribution in [-0.2, 0) is 9.59 Å². The van der Waals surface area contributed by atoms with E-state index in [1.165, 1.54) is 18.2 Å². The van der Waals surface area contributed by atoms with Crippen molar-refractivity contribution < 1.29 is 19.8 Å². The van der Waals surface area contributed by atoms with Crippen molar-refractivity contribution >= 4 is 35.1 Å². The fourth-order valence-corrected chi connectivity index (χ4v) is 3.46.